The van der Waals surface area contributed by atoms with Crippen molar-refractivity contribution >= 4 is 39.9 Å². The molecule has 0 aliphatic rings. The molecular formula is C16H11Cl2NO2. The predicted octanol–water partition coefficient (Wildman–Crippen LogP) is 4.71. The Morgan fingerprint density at radius 3 is 2.52 bits per heavy atom. The van der Waals surface area contributed by atoms with Crippen molar-refractivity contribution in [2.24, 2.45) is 0 Å². The van der Waals surface area contributed by atoms with Gasteiger partial charge in [0.1, 0.15) is 5.75 Å². The van der Waals surface area contributed by atoms with Crippen molar-refractivity contribution in [3.63, 3.8) is 0 Å². The Labute approximate surface area is 131 Å². The smallest absolute Gasteiger partial charge is 0.195 e. The van der Waals surface area contributed by atoms with Crippen LogP contribution in [0.15, 0.2) is 42.6 Å². The number of aromatic nitrogens is 1. The van der Waals surface area contributed by atoms with Gasteiger partial charge in [-0.3, -0.25) is 4.79 Å². The molecule has 0 atom stereocenters. The van der Waals surface area contributed by atoms with Gasteiger partial charge in [0.05, 0.1) is 12.1 Å². The number of ketones is 1. The summed E-state index contributed by atoms with van der Waals surface area (Å²) in [6.07, 6.45) is 1.65. The summed E-state index contributed by atoms with van der Waals surface area (Å²) in [6.45, 7) is 0. The standard InChI is InChI=1S/C16H11Cl2NO2/c1-21-11-4-2-9(3-5-11)16(20)12-8-19-14-7-10(17)6-13(18)15(12)14/h2-8,19H,1H3. The molecule has 3 rings (SSSR count). The average Bonchev–Trinajstić information content (AvgIpc) is 2.90. The van der Waals surface area contributed by atoms with Gasteiger partial charge in [-0.25, -0.2) is 0 Å². The van der Waals surface area contributed by atoms with Gasteiger partial charge in [0.25, 0.3) is 0 Å². The van der Waals surface area contributed by atoms with Crippen LogP contribution in [0.25, 0.3) is 10.9 Å². The second-order valence-electron chi connectivity index (χ2n) is 4.57. The average molecular weight is 320 g/mol. The van der Waals surface area contributed by atoms with Gasteiger partial charge in [-0.2, -0.15) is 0 Å². The summed E-state index contributed by atoms with van der Waals surface area (Å²) < 4.78 is 5.09. The maximum Gasteiger partial charge on any atom is 0.195 e. The van der Waals surface area contributed by atoms with Crippen LogP contribution in [-0.4, -0.2) is 17.9 Å². The fraction of sp³-hybridized carbons (Fsp3) is 0.0625. The van der Waals surface area contributed by atoms with Gasteiger partial charge in [-0.15, -0.1) is 0 Å². The normalized spacial score (nSPS) is 10.8. The first-order chi connectivity index (χ1) is 10.1. The van der Waals surface area contributed by atoms with E-state index in [0.717, 1.165) is 5.52 Å². The lowest BCUT2D eigenvalue weighted by Crippen LogP contribution is -2.00. The molecule has 0 bridgehead atoms. The molecule has 21 heavy (non-hydrogen) atoms. The number of aromatic amines is 1. The minimum atomic E-state index is -0.104. The van der Waals surface area contributed by atoms with Crippen LogP contribution in [0.3, 0.4) is 0 Å². The van der Waals surface area contributed by atoms with E-state index in [4.69, 9.17) is 27.9 Å². The van der Waals surface area contributed by atoms with Gasteiger partial charge in [-0.1, -0.05) is 23.2 Å². The molecule has 0 spiro atoms. The maximum atomic E-state index is 12.6. The van der Waals surface area contributed by atoms with Crippen molar-refractivity contribution in [1.82, 2.24) is 4.98 Å². The minimum Gasteiger partial charge on any atom is -0.497 e. The summed E-state index contributed by atoms with van der Waals surface area (Å²) >= 11 is 12.2. The molecule has 0 saturated heterocycles. The molecule has 0 aliphatic heterocycles. The molecule has 1 aromatic heterocycles. The van der Waals surface area contributed by atoms with Crippen LogP contribution in [-0.2, 0) is 0 Å². The zero-order chi connectivity index (χ0) is 15.0. The first-order valence-electron chi connectivity index (χ1n) is 6.25. The number of rotatable bonds is 3. The van der Waals surface area contributed by atoms with Gasteiger partial charge in [0.2, 0.25) is 0 Å². The van der Waals surface area contributed by atoms with Crippen LogP contribution < -0.4 is 4.74 Å². The molecule has 1 heterocycles. The number of halogens is 2. The van der Waals surface area contributed by atoms with E-state index >= 15 is 0 Å². The molecule has 1 N–H and O–H groups in total. The lowest BCUT2D eigenvalue weighted by atomic mass is 10.0. The van der Waals surface area contributed by atoms with Crippen LogP contribution >= 0.6 is 23.2 Å². The van der Waals surface area contributed by atoms with E-state index in [2.05, 4.69) is 4.98 Å². The Bertz CT molecular complexity index is 822. The molecule has 0 radical (unpaired) electrons. The van der Waals surface area contributed by atoms with Gasteiger partial charge < -0.3 is 9.72 Å². The number of H-pyrrole nitrogens is 1. The number of fused-ring (bicyclic) bond motifs is 1. The molecule has 0 unspecified atom stereocenters. The van der Waals surface area contributed by atoms with Crippen molar-refractivity contribution in [2.75, 3.05) is 7.11 Å². The highest BCUT2D eigenvalue weighted by Crippen LogP contribution is 2.31. The number of carbonyl (C=O) groups excluding carboxylic acids is 1. The summed E-state index contributed by atoms with van der Waals surface area (Å²) in [5.41, 5.74) is 1.84. The number of benzene rings is 2. The topological polar surface area (TPSA) is 42.1 Å². The van der Waals surface area contributed by atoms with Gasteiger partial charge in [0, 0.05) is 33.2 Å². The molecule has 0 fully saturated rings. The lowest BCUT2D eigenvalue weighted by Gasteiger charge is -2.03. The van der Waals surface area contributed by atoms with E-state index < -0.39 is 0 Å². The Hall–Kier alpha value is -1.97. The van der Waals surface area contributed by atoms with Crippen LogP contribution in [0.1, 0.15) is 15.9 Å². The molecule has 106 valence electrons. The van der Waals surface area contributed by atoms with Crippen molar-refractivity contribution in [2.45, 2.75) is 0 Å². The van der Waals surface area contributed by atoms with Gasteiger partial charge in [0.15, 0.2) is 5.78 Å². The molecule has 3 aromatic rings. The summed E-state index contributed by atoms with van der Waals surface area (Å²) in [5, 5.41) is 1.66. The predicted molar refractivity (Wildman–Crippen MR) is 84.7 cm³/mol. The molecule has 0 aliphatic carbocycles. The number of hydrogen-bond acceptors (Lipinski definition) is 2. The van der Waals surface area contributed by atoms with E-state index in [9.17, 15) is 4.79 Å². The summed E-state index contributed by atoms with van der Waals surface area (Å²) in [6, 6.07) is 10.3. The first-order valence-corrected chi connectivity index (χ1v) is 7.00. The molecular weight excluding hydrogens is 309 g/mol. The molecule has 5 heteroatoms. The van der Waals surface area contributed by atoms with E-state index in [0.29, 0.717) is 32.3 Å². The molecule has 0 saturated carbocycles. The quantitative estimate of drug-likeness (QED) is 0.710. The highest BCUT2D eigenvalue weighted by Gasteiger charge is 2.17. The van der Waals surface area contributed by atoms with Crippen LogP contribution in [0.4, 0.5) is 0 Å². The fourth-order valence-corrected chi connectivity index (χ4v) is 2.86. The highest BCUT2D eigenvalue weighted by molar-refractivity contribution is 6.40. The second kappa shape index (κ2) is 5.43. The van der Waals surface area contributed by atoms with E-state index in [-0.39, 0.29) is 5.78 Å². The highest BCUT2D eigenvalue weighted by atomic mass is 35.5. The Balaban J connectivity index is 2.09. The van der Waals surface area contributed by atoms with E-state index in [1.165, 1.54) is 0 Å². The summed E-state index contributed by atoms with van der Waals surface area (Å²) in [7, 11) is 1.58. The Morgan fingerprint density at radius 1 is 1.14 bits per heavy atom. The first kappa shape index (κ1) is 14.0. The second-order valence-corrected chi connectivity index (χ2v) is 5.41. The molecule has 2 aromatic carbocycles. The Morgan fingerprint density at radius 2 is 1.86 bits per heavy atom. The number of methoxy groups -OCH3 is 1. The van der Waals surface area contributed by atoms with Crippen molar-refractivity contribution in [1.29, 1.82) is 0 Å². The number of hydrogen-bond donors (Lipinski definition) is 1. The maximum absolute atomic E-state index is 12.6. The summed E-state index contributed by atoms with van der Waals surface area (Å²) in [5.74, 6) is 0.600. The van der Waals surface area contributed by atoms with Crippen LogP contribution in [0.2, 0.25) is 10.0 Å². The Kier molecular flexibility index (Phi) is 3.62. The SMILES string of the molecule is COc1ccc(C(=O)c2c[nH]c3cc(Cl)cc(Cl)c23)cc1. The van der Waals surface area contributed by atoms with Crippen LogP contribution in [0.5, 0.6) is 5.75 Å². The monoisotopic (exact) mass is 319 g/mol. The third kappa shape index (κ3) is 2.50. The summed E-state index contributed by atoms with van der Waals surface area (Å²) in [4.78, 5) is 15.6. The number of ether oxygens (including phenoxy) is 1. The van der Waals surface area contributed by atoms with Crippen molar-refractivity contribution in [3.8, 4) is 5.75 Å². The van der Waals surface area contributed by atoms with Crippen molar-refractivity contribution in [3.05, 3.63) is 63.8 Å². The van der Waals surface area contributed by atoms with Crippen LogP contribution in [0, 0.1) is 0 Å². The fourth-order valence-electron chi connectivity index (χ4n) is 2.26. The molecule has 0 amide bonds. The van der Waals surface area contributed by atoms with E-state index in [1.54, 1.807) is 49.7 Å². The third-order valence-electron chi connectivity index (χ3n) is 3.29. The van der Waals surface area contributed by atoms with E-state index in [1.807, 2.05) is 0 Å². The minimum absolute atomic E-state index is 0.104. The lowest BCUT2D eigenvalue weighted by molar-refractivity contribution is 0.104. The van der Waals surface area contributed by atoms with Gasteiger partial charge >= 0.3 is 0 Å². The zero-order valence-corrected chi connectivity index (χ0v) is 12.6. The van der Waals surface area contributed by atoms with Crippen molar-refractivity contribution < 1.29 is 9.53 Å². The zero-order valence-electron chi connectivity index (χ0n) is 11.1. The third-order valence-corrected chi connectivity index (χ3v) is 3.81. The largest absolute Gasteiger partial charge is 0.497 e. The number of carbonyl (C=O) groups is 1. The van der Waals surface area contributed by atoms with Gasteiger partial charge in [-0.05, 0) is 36.4 Å². The molecule has 3 nitrogen and oxygen atoms in total. The number of nitrogens with one attached hydrogen (secondary N) is 1.